The number of aryl methyl sites for hydroxylation is 1. The highest BCUT2D eigenvalue weighted by Gasteiger charge is 2.09. The first kappa shape index (κ1) is 16.9. The Labute approximate surface area is 124 Å². The SMILES string of the molecule is CCOC(=O)CSc1ccc(C)cc1OCCC(C)O. The molecule has 0 aromatic heterocycles. The summed E-state index contributed by atoms with van der Waals surface area (Å²) < 4.78 is 10.6. The molecule has 1 rings (SSSR count). The molecule has 0 amide bonds. The zero-order valence-corrected chi connectivity index (χ0v) is 13.0. The molecule has 0 radical (unpaired) electrons. The maximum atomic E-state index is 11.4. The van der Waals surface area contributed by atoms with Crippen LogP contribution in [0.1, 0.15) is 25.8 Å². The fourth-order valence-electron chi connectivity index (χ4n) is 1.53. The number of ether oxygens (including phenoxy) is 2. The maximum Gasteiger partial charge on any atom is 0.316 e. The van der Waals surface area contributed by atoms with Crippen LogP contribution in [0.25, 0.3) is 0 Å². The van der Waals surface area contributed by atoms with Crippen molar-refractivity contribution >= 4 is 17.7 Å². The van der Waals surface area contributed by atoms with Gasteiger partial charge >= 0.3 is 5.97 Å². The van der Waals surface area contributed by atoms with Crippen LogP contribution in [0.3, 0.4) is 0 Å². The summed E-state index contributed by atoms with van der Waals surface area (Å²) in [4.78, 5) is 12.3. The van der Waals surface area contributed by atoms with Crippen LogP contribution in [0, 0.1) is 6.92 Å². The number of hydrogen-bond acceptors (Lipinski definition) is 5. The predicted molar refractivity (Wildman–Crippen MR) is 80.3 cm³/mol. The molecule has 0 aliphatic rings. The molecule has 0 fully saturated rings. The van der Waals surface area contributed by atoms with Crippen LogP contribution >= 0.6 is 11.8 Å². The molecular weight excluding hydrogens is 276 g/mol. The normalized spacial score (nSPS) is 12.0. The van der Waals surface area contributed by atoms with E-state index < -0.39 is 0 Å². The van der Waals surface area contributed by atoms with Gasteiger partial charge in [-0.05, 0) is 38.5 Å². The molecule has 0 spiro atoms. The highest BCUT2D eigenvalue weighted by atomic mass is 32.2. The first-order chi connectivity index (χ1) is 9.52. The first-order valence-corrected chi connectivity index (χ1v) is 7.71. The van der Waals surface area contributed by atoms with Crippen molar-refractivity contribution in [3.05, 3.63) is 23.8 Å². The van der Waals surface area contributed by atoms with Crippen molar-refractivity contribution in [3.8, 4) is 5.75 Å². The molecule has 0 saturated carbocycles. The van der Waals surface area contributed by atoms with Crippen LogP contribution in [-0.2, 0) is 9.53 Å². The van der Waals surface area contributed by atoms with Gasteiger partial charge in [0.15, 0.2) is 0 Å². The van der Waals surface area contributed by atoms with E-state index in [4.69, 9.17) is 9.47 Å². The lowest BCUT2D eigenvalue weighted by atomic mass is 10.2. The Morgan fingerprint density at radius 2 is 2.20 bits per heavy atom. The van der Waals surface area contributed by atoms with Crippen LogP contribution in [-0.4, -0.2) is 36.1 Å². The summed E-state index contributed by atoms with van der Waals surface area (Å²) in [6, 6.07) is 5.86. The van der Waals surface area contributed by atoms with Gasteiger partial charge in [0.25, 0.3) is 0 Å². The summed E-state index contributed by atoms with van der Waals surface area (Å²) in [5.41, 5.74) is 1.09. The summed E-state index contributed by atoms with van der Waals surface area (Å²) in [5, 5.41) is 9.24. The van der Waals surface area contributed by atoms with E-state index in [0.29, 0.717) is 19.6 Å². The van der Waals surface area contributed by atoms with Crippen molar-refractivity contribution < 1.29 is 19.4 Å². The lowest BCUT2D eigenvalue weighted by Gasteiger charge is -2.12. The van der Waals surface area contributed by atoms with E-state index in [1.165, 1.54) is 11.8 Å². The minimum Gasteiger partial charge on any atom is -0.492 e. The van der Waals surface area contributed by atoms with Gasteiger partial charge in [-0.25, -0.2) is 0 Å². The van der Waals surface area contributed by atoms with E-state index in [1.807, 2.05) is 25.1 Å². The number of carbonyl (C=O) groups excluding carboxylic acids is 1. The van der Waals surface area contributed by atoms with Gasteiger partial charge in [-0.1, -0.05) is 6.07 Å². The fourth-order valence-corrected chi connectivity index (χ4v) is 2.31. The molecule has 5 heteroatoms. The van der Waals surface area contributed by atoms with E-state index in [0.717, 1.165) is 16.2 Å². The zero-order valence-electron chi connectivity index (χ0n) is 12.2. The molecule has 20 heavy (non-hydrogen) atoms. The van der Waals surface area contributed by atoms with Gasteiger partial charge in [-0.2, -0.15) is 0 Å². The van der Waals surface area contributed by atoms with Crippen molar-refractivity contribution in [1.82, 2.24) is 0 Å². The first-order valence-electron chi connectivity index (χ1n) is 6.73. The molecule has 1 N–H and O–H groups in total. The Bertz CT molecular complexity index is 432. The van der Waals surface area contributed by atoms with E-state index in [9.17, 15) is 9.90 Å². The lowest BCUT2D eigenvalue weighted by molar-refractivity contribution is -0.139. The average Bonchev–Trinajstić information content (AvgIpc) is 2.37. The Balaban J connectivity index is 2.62. The van der Waals surface area contributed by atoms with E-state index in [2.05, 4.69) is 0 Å². The molecular formula is C15H22O4S. The van der Waals surface area contributed by atoms with E-state index in [1.54, 1.807) is 13.8 Å². The van der Waals surface area contributed by atoms with Crippen molar-refractivity contribution in [3.63, 3.8) is 0 Å². The second-order valence-corrected chi connectivity index (χ2v) is 5.55. The number of hydrogen-bond donors (Lipinski definition) is 1. The summed E-state index contributed by atoms with van der Waals surface area (Å²) >= 11 is 1.40. The van der Waals surface area contributed by atoms with Gasteiger partial charge in [0, 0.05) is 11.3 Å². The minimum absolute atomic E-state index is 0.229. The monoisotopic (exact) mass is 298 g/mol. The second kappa shape index (κ2) is 8.87. The number of aliphatic hydroxyl groups is 1. The number of benzene rings is 1. The average molecular weight is 298 g/mol. The molecule has 0 aliphatic carbocycles. The molecule has 1 aromatic carbocycles. The number of aliphatic hydroxyl groups excluding tert-OH is 1. The quantitative estimate of drug-likeness (QED) is 0.591. The highest BCUT2D eigenvalue weighted by Crippen LogP contribution is 2.30. The van der Waals surface area contributed by atoms with Crippen LogP contribution in [0.5, 0.6) is 5.75 Å². The molecule has 112 valence electrons. The van der Waals surface area contributed by atoms with Crippen molar-refractivity contribution in [2.24, 2.45) is 0 Å². The highest BCUT2D eigenvalue weighted by molar-refractivity contribution is 8.00. The summed E-state index contributed by atoms with van der Waals surface area (Å²) in [5.74, 6) is 0.789. The van der Waals surface area contributed by atoms with Crippen molar-refractivity contribution in [2.75, 3.05) is 19.0 Å². The van der Waals surface area contributed by atoms with Crippen LogP contribution in [0.15, 0.2) is 23.1 Å². The van der Waals surface area contributed by atoms with Gasteiger partial charge in [-0.15, -0.1) is 11.8 Å². The third kappa shape index (κ3) is 6.30. The second-order valence-electron chi connectivity index (χ2n) is 4.53. The lowest BCUT2D eigenvalue weighted by Crippen LogP contribution is -2.09. The molecule has 1 atom stereocenters. The zero-order chi connectivity index (χ0) is 15.0. The molecule has 0 bridgehead atoms. The molecule has 0 heterocycles. The van der Waals surface area contributed by atoms with Gasteiger partial charge in [0.2, 0.25) is 0 Å². The predicted octanol–water partition coefficient (Wildman–Crippen LogP) is 2.80. The summed E-state index contributed by atoms with van der Waals surface area (Å²) in [6.07, 6.45) is 0.200. The van der Waals surface area contributed by atoms with Crippen LogP contribution < -0.4 is 4.74 Å². The van der Waals surface area contributed by atoms with Crippen molar-refractivity contribution in [2.45, 2.75) is 38.2 Å². The van der Waals surface area contributed by atoms with Gasteiger partial charge < -0.3 is 14.6 Å². The summed E-state index contributed by atoms with van der Waals surface area (Å²) in [6.45, 7) is 6.36. The third-order valence-corrected chi connectivity index (χ3v) is 3.57. The van der Waals surface area contributed by atoms with Crippen LogP contribution in [0.4, 0.5) is 0 Å². The smallest absolute Gasteiger partial charge is 0.316 e. The van der Waals surface area contributed by atoms with E-state index >= 15 is 0 Å². The molecule has 1 unspecified atom stereocenters. The molecule has 1 aromatic rings. The standard InChI is InChI=1S/C15H22O4S/c1-4-18-15(17)10-20-14-6-5-11(2)9-13(14)19-8-7-12(3)16/h5-6,9,12,16H,4,7-8,10H2,1-3H3. The Morgan fingerprint density at radius 3 is 2.85 bits per heavy atom. The van der Waals surface area contributed by atoms with Gasteiger partial charge in [-0.3, -0.25) is 4.79 Å². The fraction of sp³-hybridized carbons (Fsp3) is 0.533. The van der Waals surface area contributed by atoms with Gasteiger partial charge in [0.1, 0.15) is 5.75 Å². The summed E-state index contributed by atoms with van der Waals surface area (Å²) in [7, 11) is 0. The number of esters is 1. The third-order valence-electron chi connectivity index (χ3n) is 2.54. The van der Waals surface area contributed by atoms with Gasteiger partial charge in [0.05, 0.1) is 25.1 Å². The maximum absolute atomic E-state index is 11.4. The Morgan fingerprint density at radius 1 is 1.45 bits per heavy atom. The minimum atomic E-state index is -0.379. The van der Waals surface area contributed by atoms with Crippen molar-refractivity contribution in [1.29, 1.82) is 0 Å². The number of carbonyl (C=O) groups is 1. The number of rotatable bonds is 8. The van der Waals surface area contributed by atoms with Crippen LogP contribution in [0.2, 0.25) is 0 Å². The molecule has 0 aliphatic heterocycles. The molecule has 0 saturated heterocycles. The Kier molecular flexibility index (Phi) is 7.47. The topological polar surface area (TPSA) is 55.8 Å². The number of thioether (sulfide) groups is 1. The molecule has 4 nitrogen and oxygen atoms in total. The Hall–Kier alpha value is -1.20. The van der Waals surface area contributed by atoms with E-state index in [-0.39, 0.29) is 17.8 Å². The largest absolute Gasteiger partial charge is 0.492 e.